The molecule has 0 rings (SSSR count). The first-order valence-corrected chi connectivity index (χ1v) is 5.53. The van der Waals surface area contributed by atoms with Crippen molar-refractivity contribution in [2.24, 2.45) is 11.5 Å². The minimum Gasteiger partial charge on any atom is -0.380 e. The molecule has 0 saturated heterocycles. The molecule has 0 aliphatic carbocycles. The van der Waals surface area contributed by atoms with Crippen LogP contribution in [0.4, 0.5) is 0 Å². The van der Waals surface area contributed by atoms with Crippen molar-refractivity contribution in [2.45, 2.75) is 31.6 Å². The highest BCUT2D eigenvalue weighted by Crippen LogP contribution is 2.03. The first kappa shape index (κ1) is 17.8. The molecule has 8 N–H and O–H groups in total. The Morgan fingerprint density at radius 1 is 1.05 bits per heavy atom. The molecule has 0 aromatic carbocycles. The van der Waals surface area contributed by atoms with Gasteiger partial charge < -0.3 is 32.3 Å². The van der Waals surface area contributed by atoms with Crippen LogP contribution in [0.5, 0.6) is 0 Å². The van der Waals surface area contributed by atoms with Gasteiger partial charge in [-0.15, -0.1) is 0 Å². The molecule has 2 atom stereocenters. The molecule has 0 aromatic heterocycles. The van der Waals surface area contributed by atoms with Gasteiger partial charge in [0.05, 0.1) is 6.54 Å². The minimum atomic E-state index is -2.14. The molecule has 0 fully saturated rings. The third-order valence-electron chi connectivity index (χ3n) is 2.32. The van der Waals surface area contributed by atoms with Gasteiger partial charge in [-0.3, -0.25) is 19.2 Å². The summed E-state index contributed by atoms with van der Waals surface area (Å²) in [5, 5.41) is 22.9. The van der Waals surface area contributed by atoms with Crippen molar-refractivity contribution in [3.8, 4) is 0 Å². The number of amides is 4. The van der Waals surface area contributed by atoms with Gasteiger partial charge >= 0.3 is 0 Å². The molecule has 0 heterocycles. The van der Waals surface area contributed by atoms with Crippen LogP contribution in [0.2, 0.25) is 0 Å². The zero-order chi connectivity index (χ0) is 16.1. The van der Waals surface area contributed by atoms with Crippen LogP contribution in [-0.4, -0.2) is 58.1 Å². The molecule has 0 aliphatic heterocycles. The lowest BCUT2D eigenvalue weighted by Gasteiger charge is -2.25. The first-order valence-electron chi connectivity index (χ1n) is 5.53. The fourth-order valence-corrected chi connectivity index (χ4v) is 1.01. The van der Waals surface area contributed by atoms with E-state index in [1.165, 1.54) is 13.8 Å². The van der Waals surface area contributed by atoms with Crippen molar-refractivity contribution >= 4 is 23.6 Å². The number of hydrogen-bond donors (Lipinski definition) is 6. The van der Waals surface area contributed by atoms with Gasteiger partial charge in [-0.05, 0) is 13.8 Å². The van der Waals surface area contributed by atoms with Crippen LogP contribution in [0, 0.1) is 0 Å². The number of primary amides is 2. The van der Waals surface area contributed by atoms with E-state index in [0.717, 1.165) is 0 Å². The monoisotopic (exact) mass is 290 g/mol. The van der Waals surface area contributed by atoms with Crippen LogP contribution in [-0.2, 0) is 19.2 Å². The second kappa shape index (κ2) is 6.82. The fraction of sp³-hybridized carbons (Fsp3) is 0.600. The maximum Gasteiger partial charge on any atom is 0.252 e. The molecule has 10 heteroatoms. The summed E-state index contributed by atoms with van der Waals surface area (Å²) in [7, 11) is 0. The van der Waals surface area contributed by atoms with E-state index < -0.39 is 47.9 Å². The van der Waals surface area contributed by atoms with Gasteiger partial charge in [0.25, 0.3) is 11.8 Å². The van der Waals surface area contributed by atoms with Gasteiger partial charge in [-0.1, -0.05) is 0 Å². The fourth-order valence-electron chi connectivity index (χ4n) is 1.01. The summed E-state index contributed by atoms with van der Waals surface area (Å²) >= 11 is 0. The molecule has 114 valence electrons. The maximum atomic E-state index is 11.5. The Hall–Kier alpha value is -2.20. The highest BCUT2D eigenvalue weighted by molar-refractivity contribution is 5.95. The number of aliphatic hydroxyl groups excluding tert-OH is 2. The van der Waals surface area contributed by atoms with Gasteiger partial charge in [0.15, 0.2) is 12.2 Å². The Labute approximate surface area is 114 Å². The maximum absolute atomic E-state index is 11.5. The van der Waals surface area contributed by atoms with Gasteiger partial charge in [0.1, 0.15) is 5.54 Å². The number of carbonyl (C=O) groups is 4. The second-order valence-electron chi connectivity index (χ2n) is 4.55. The smallest absolute Gasteiger partial charge is 0.252 e. The van der Waals surface area contributed by atoms with Crippen LogP contribution in [0.3, 0.4) is 0 Å². The molecule has 4 amide bonds. The standard InChI is InChI=1S/C10H18N4O6/c1-10(2,9(12)20)14-8(19)6(17)5(16)7(18)13-3-4(11)15/h5-6,16-17H,3H2,1-2H3,(H2,11,15)(H2,12,20)(H,13,18)(H,14,19)/t5-,6-/m1/s1. The number of nitrogens with one attached hydrogen (secondary N) is 2. The largest absolute Gasteiger partial charge is 0.380 e. The average molecular weight is 290 g/mol. The van der Waals surface area contributed by atoms with E-state index >= 15 is 0 Å². The Balaban J connectivity index is 4.61. The zero-order valence-corrected chi connectivity index (χ0v) is 11.0. The lowest BCUT2D eigenvalue weighted by atomic mass is 10.0. The molecule has 0 aliphatic rings. The summed E-state index contributed by atoms with van der Waals surface area (Å²) in [6.45, 7) is 2.00. The average Bonchev–Trinajstić information content (AvgIpc) is 2.33. The Morgan fingerprint density at radius 2 is 1.50 bits per heavy atom. The predicted molar refractivity (Wildman–Crippen MR) is 65.6 cm³/mol. The lowest BCUT2D eigenvalue weighted by molar-refractivity contribution is -0.148. The van der Waals surface area contributed by atoms with Gasteiger partial charge in [-0.2, -0.15) is 0 Å². The van der Waals surface area contributed by atoms with E-state index in [1.54, 1.807) is 0 Å². The third kappa shape index (κ3) is 5.20. The lowest BCUT2D eigenvalue weighted by Crippen LogP contribution is -2.58. The summed E-state index contributed by atoms with van der Waals surface area (Å²) in [5.41, 5.74) is 8.30. The Morgan fingerprint density at radius 3 is 1.90 bits per heavy atom. The van der Waals surface area contributed by atoms with Crippen molar-refractivity contribution in [1.29, 1.82) is 0 Å². The molecule has 0 bridgehead atoms. The van der Waals surface area contributed by atoms with E-state index in [9.17, 15) is 29.4 Å². The summed E-state index contributed by atoms with van der Waals surface area (Å²) < 4.78 is 0. The minimum absolute atomic E-state index is 0.559. The van der Waals surface area contributed by atoms with Gasteiger partial charge in [0.2, 0.25) is 11.8 Å². The van der Waals surface area contributed by atoms with E-state index in [2.05, 4.69) is 5.32 Å². The first-order chi connectivity index (χ1) is 8.99. The summed E-state index contributed by atoms with van der Waals surface area (Å²) in [6, 6.07) is 0. The summed E-state index contributed by atoms with van der Waals surface area (Å²) in [4.78, 5) is 44.3. The van der Waals surface area contributed by atoms with E-state index in [-0.39, 0.29) is 0 Å². The van der Waals surface area contributed by atoms with Crippen LogP contribution in [0.1, 0.15) is 13.8 Å². The van der Waals surface area contributed by atoms with Crippen molar-refractivity contribution in [3.05, 3.63) is 0 Å². The van der Waals surface area contributed by atoms with Crippen molar-refractivity contribution in [2.75, 3.05) is 6.54 Å². The van der Waals surface area contributed by atoms with Crippen LogP contribution < -0.4 is 22.1 Å². The normalized spacial score (nSPS) is 14.0. The highest BCUT2D eigenvalue weighted by Gasteiger charge is 2.35. The summed E-state index contributed by atoms with van der Waals surface area (Å²) in [5.74, 6) is -4.07. The molecule has 0 saturated carbocycles. The van der Waals surface area contributed by atoms with E-state index in [0.29, 0.717) is 0 Å². The summed E-state index contributed by atoms with van der Waals surface area (Å²) in [6.07, 6.45) is -4.26. The van der Waals surface area contributed by atoms with Crippen molar-refractivity contribution in [3.63, 3.8) is 0 Å². The van der Waals surface area contributed by atoms with Crippen LogP contribution >= 0.6 is 0 Å². The highest BCUT2D eigenvalue weighted by atomic mass is 16.3. The van der Waals surface area contributed by atoms with Crippen LogP contribution in [0.15, 0.2) is 0 Å². The molecule has 20 heavy (non-hydrogen) atoms. The van der Waals surface area contributed by atoms with E-state index in [4.69, 9.17) is 11.5 Å². The molecule has 0 aromatic rings. The number of hydrogen-bond acceptors (Lipinski definition) is 6. The molecular weight excluding hydrogens is 272 g/mol. The number of carbonyl (C=O) groups excluding carboxylic acids is 4. The quantitative estimate of drug-likeness (QED) is 0.275. The van der Waals surface area contributed by atoms with Crippen molar-refractivity contribution in [1.82, 2.24) is 10.6 Å². The SMILES string of the molecule is CC(C)(NC(=O)[C@H](O)[C@@H](O)C(=O)NCC(N)=O)C(N)=O. The molecule has 0 unspecified atom stereocenters. The topological polar surface area (TPSA) is 185 Å². The second-order valence-corrected chi connectivity index (χ2v) is 4.55. The Bertz CT molecular complexity index is 422. The molecule has 0 spiro atoms. The van der Waals surface area contributed by atoms with Crippen LogP contribution in [0.25, 0.3) is 0 Å². The molecule has 0 radical (unpaired) electrons. The molecule has 10 nitrogen and oxygen atoms in total. The number of rotatable bonds is 7. The van der Waals surface area contributed by atoms with E-state index in [1.807, 2.05) is 5.32 Å². The van der Waals surface area contributed by atoms with Gasteiger partial charge in [-0.25, -0.2) is 0 Å². The van der Waals surface area contributed by atoms with Crippen molar-refractivity contribution < 1.29 is 29.4 Å². The predicted octanol–water partition coefficient (Wildman–Crippen LogP) is -4.31. The number of aliphatic hydroxyl groups is 2. The van der Waals surface area contributed by atoms with Gasteiger partial charge in [0, 0.05) is 0 Å². The third-order valence-corrected chi connectivity index (χ3v) is 2.32. The zero-order valence-electron chi connectivity index (χ0n) is 11.0. The number of nitrogens with two attached hydrogens (primary N) is 2. The Kier molecular flexibility index (Phi) is 6.07. The molecular formula is C10H18N4O6.